The molecule has 3 aliphatic heterocycles. The van der Waals surface area contributed by atoms with Crippen LogP contribution in [0.2, 0.25) is 0 Å². The van der Waals surface area contributed by atoms with Crippen LogP contribution < -0.4 is 26.2 Å². The Balaban J connectivity index is 0.614. The Bertz CT molecular complexity index is 3330. The Kier molecular flexibility index (Phi) is 23.6. The lowest BCUT2D eigenvalue weighted by molar-refractivity contribution is -0.144. The fourth-order valence-electron chi connectivity index (χ4n) is 10.9. The van der Waals surface area contributed by atoms with E-state index in [1.807, 2.05) is 82.3 Å². The number of rotatable bonds is 29. The van der Waals surface area contributed by atoms with Gasteiger partial charge in [-0.05, 0) is 96.3 Å². The highest BCUT2D eigenvalue weighted by Crippen LogP contribution is 2.32. The molecule has 22 nitrogen and oxygen atoms in total. The first-order valence-corrected chi connectivity index (χ1v) is 31.0. The lowest BCUT2D eigenvalue weighted by Crippen LogP contribution is -2.58. The van der Waals surface area contributed by atoms with E-state index in [9.17, 15) is 37.9 Å². The molecule has 0 saturated carbocycles. The summed E-state index contributed by atoms with van der Waals surface area (Å²) in [4.78, 5) is 78.3. The number of aryl methyl sites for hydroxylation is 1. The molecule has 1 unspecified atom stereocenters. The molecule has 3 saturated heterocycles. The maximum Gasteiger partial charge on any atom is 0.258 e. The molecule has 0 bridgehead atoms. The Hall–Kier alpha value is -7.49. The van der Waals surface area contributed by atoms with Crippen LogP contribution in [0.5, 0.6) is 0 Å². The summed E-state index contributed by atoms with van der Waals surface area (Å²) in [6.07, 6.45) is 1.03. The fraction of sp³-hybridized carbons (Fsp3) is 0.484. The van der Waals surface area contributed by atoms with Crippen molar-refractivity contribution in [3.63, 3.8) is 0 Å². The topological polar surface area (TPSA) is 260 Å². The number of anilines is 3. The number of piperazine rings is 1. The average molecular weight is 1250 g/mol. The van der Waals surface area contributed by atoms with Crippen molar-refractivity contribution >= 4 is 69.0 Å². The van der Waals surface area contributed by atoms with Crippen molar-refractivity contribution in [2.75, 3.05) is 128 Å². The molecule has 9 rings (SSSR count). The van der Waals surface area contributed by atoms with Gasteiger partial charge in [0, 0.05) is 87.8 Å². The quantitative estimate of drug-likeness (QED) is 0.0284. The SMILES string of the molecule is Cc1ncsc1-c1ccc(CNC(=O)[C@@H]2CC(O)CN2C(=O)[C@@H](NC(=O)COCCOCCOCCOCCOCC(=O)N2CCN(c3ccc(C(=O)Nc4n[nH]c5ccc(Cc6cc(F)cc(F)c6)cc45)c(NC4CCOCC4)c3)CC2)C(C)(C)C)cc1. The molecule has 3 atom stereocenters. The van der Waals surface area contributed by atoms with Crippen LogP contribution in [0.3, 0.4) is 0 Å². The van der Waals surface area contributed by atoms with Crippen molar-refractivity contribution in [3.8, 4) is 10.4 Å². The summed E-state index contributed by atoms with van der Waals surface area (Å²) < 4.78 is 61.4. The van der Waals surface area contributed by atoms with Gasteiger partial charge in [-0.25, -0.2) is 13.8 Å². The molecule has 5 amide bonds. The number of nitrogens with zero attached hydrogens (tertiary/aromatic N) is 5. The van der Waals surface area contributed by atoms with Crippen LogP contribution in [0.4, 0.5) is 26.0 Å². The van der Waals surface area contributed by atoms with Gasteiger partial charge in [0.05, 0.1) is 86.1 Å². The number of nitrogens with one attached hydrogen (secondary N) is 5. The first-order chi connectivity index (χ1) is 42.9. The lowest BCUT2D eigenvalue weighted by Gasteiger charge is -2.36. The number of likely N-dealkylation sites (tertiary alicyclic amines) is 1. The molecule has 5 heterocycles. The monoisotopic (exact) mass is 1250 g/mol. The van der Waals surface area contributed by atoms with Crippen LogP contribution in [0, 0.1) is 24.0 Å². The highest BCUT2D eigenvalue weighted by atomic mass is 32.1. The van der Waals surface area contributed by atoms with Gasteiger partial charge in [-0.3, -0.25) is 29.1 Å². The van der Waals surface area contributed by atoms with E-state index in [2.05, 4.69) is 41.3 Å². The van der Waals surface area contributed by atoms with Gasteiger partial charge < -0.3 is 69.5 Å². The minimum atomic E-state index is -0.990. The number of aliphatic hydroxyl groups is 1. The lowest BCUT2D eigenvalue weighted by atomic mass is 9.85. The second kappa shape index (κ2) is 31.8. The van der Waals surface area contributed by atoms with E-state index in [-0.39, 0.29) is 95.9 Å². The first kappa shape index (κ1) is 65.9. The van der Waals surface area contributed by atoms with E-state index >= 15 is 0 Å². The molecule has 89 heavy (non-hydrogen) atoms. The van der Waals surface area contributed by atoms with Gasteiger partial charge in [0.15, 0.2) is 5.82 Å². The van der Waals surface area contributed by atoms with Crippen LogP contribution >= 0.6 is 11.3 Å². The predicted molar refractivity (Wildman–Crippen MR) is 332 cm³/mol. The normalized spacial score (nSPS) is 16.8. The zero-order valence-corrected chi connectivity index (χ0v) is 51.6. The largest absolute Gasteiger partial charge is 0.391 e. The number of aromatic nitrogens is 3. The van der Waals surface area contributed by atoms with Crippen molar-refractivity contribution in [2.45, 2.75) is 84.2 Å². The summed E-state index contributed by atoms with van der Waals surface area (Å²) in [5.74, 6) is -2.81. The number of carbonyl (C=O) groups excluding carboxylic acids is 5. The molecule has 0 radical (unpaired) electrons. The number of aromatic amines is 1. The van der Waals surface area contributed by atoms with E-state index in [0.717, 1.165) is 51.9 Å². The van der Waals surface area contributed by atoms with Gasteiger partial charge in [-0.1, -0.05) is 51.1 Å². The summed E-state index contributed by atoms with van der Waals surface area (Å²) in [6.45, 7) is 12.6. The van der Waals surface area contributed by atoms with Crippen LogP contribution in [0.1, 0.15) is 72.8 Å². The summed E-state index contributed by atoms with van der Waals surface area (Å²) in [6, 6.07) is 20.6. The highest BCUT2D eigenvalue weighted by molar-refractivity contribution is 7.13. The van der Waals surface area contributed by atoms with Crippen LogP contribution in [-0.4, -0.2) is 196 Å². The van der Waals surface area contributed by atoms with Gasteiger partial charge in [-0.15, -0.1) is 11.3 Å². The summed E-state index contributed by atoms with van der Waals surface area (Å²) in [5, 5.41) is 30.8. The smallest absolute Gasteiger partial charge is 0.258 e. The van der Waals surface area contributed by atoms with E-state index in [0.29, 0.717) is 92.7 Å². The maximum absolute atomic E-state index is 14.0. The zero-order chi connectivity index (χ0) is 62.9. The molecule has 2 aromatic heterocycles. The Morgan fingerprint density at radius 3 is 2.09 bits per heavy atom. The van der Waals surface area contributed by atoms with E-state index in [4.69, 9.17) is 28.4 Å². The number of aliphatic hydroxyl groups excluding tert-OH is 1. The predicted octanol–water partition coefficient (Wildman–Crippen LogP) is 6.25. The van der Waals surface area contributed by atoms with Gasteiger partial charge in [0.1, 0.15) is 36.9 Å². The molecule has 25 heteroatoms. The number of benzene rings is 4. The van der Waals surface area contributed by atoms with Crippen LogP contribution in [0.25, 0.3) is 21.3 Å². The standard InChI is InChI=1S/C64H80F2N10O12S/c1-41-58(89-40-68-41)45-8-5-42(6-9-45)36-67-62(81)55-35-50(77)37-76(55)63(82)59(64(2,3)4)70-56(78)38-87-27-25-85-23-21-84-22-24-86-26-28-88-39-57(79)75-17-15-74(16-18-75)49-10-11-51(54(34-49)69-48-13-19-83-20-14-48)61(80)71-60-52-32-43(7-12-53(52)72-73-60)29-44-30-46(65)33-47(66)31-44/h5-12,30-34,40,48,50,55,59,69,77H,13-29,35-39H2,1-4H3,(H,67,81)(H,70,78)(H2,71,72,73,80)/t50?,55-,59+/m0/s1. The van der Waals surface area contributed by atoms with Crippen molar-refractivity contribution < 1.29 is 66.3 Å². The van der Waals surface area contributed by atoms with Crippen molar-refractivity contribution in [3.05, 3.63) is 124 Å². The molecule has 3 aliphatic rings. The molecule has 6 aromatic rings. The number of β-amino-alcohol motifs (C(OH)–C–C–N with tert-alkyl or cyclic N) is 1. The minimum Gasteiger partial charge on any atom is -0.391 e. The van der Waals surface area contributed by atoms with E-state index in [1.54, 1.807) is 27.8 Å². The Morgan fingerprint density at radius 1 is 0.787 bits per heavy atom. The molecule has 0 aliphatic carbocycles. The first-order valence-electron chi connectivity index (χ1n) is 30.1. The number of carbonyl (C=O) groups is 5. The fourth-order valence-corrected chi connectivity index (χ4v) is 11.7. The molecule has 6 N–H and O–H groups in total. The van der Waals surface area contributed by atoms with Crippen molar-refractivity contribution in [1.82, 2.24) is 35.6 Å². The van der Waals surface area contributed by atoms with Crippen LogP contribution in [-0.2, 0) is 60.6 Å². The second-order valence-corrected chi connectivity index (χ2v) is 24.2. The van der Waals surface area contributed by atoms with Crippen molar-refractivity contribution in [2.24, 2.45) is 5.41 Å². The van der Waals surface area contributed by atoms with Crippen LogP contribution in [0.15, 0.2) is 84.4 Å². The average Bonchev–Trinajstić information content (AvgIpc) is 3.91. The zero-order valence-electron chi connectivity index (χ0n) is 50.8. The third kappa shape index (κ3) is 18.8. The molecule has 3 fully saturated rings. The number of amides is 5. The molecular formula is C64H80F2N10O12S. The Morgan fingerprint density at radius 2 is 1.44 bits per heavy atom. The molecular weight excluding hydrogens is 1170 g/mol. The van der Waals surface area contributed by atoms with Gasteiger partial charge in [-0.2, -0.15) is 5.10 Å². The molecule has 0 spiro atoms. The van der Waals surface area contributed by atoms with Gasteiger partial charge in [0.2, 0.25) is 23.6 Å². The minimum absolute atomic E-state index is 0.0352. The summed E-state index contributed by atoms with van der Waals surface area (Å²) in [7, 11) is 0. The molecule has 478 valence electrons. The third-order valence-electron chi connectivity index (χ3n) is 15.7. The number of thiazole rings is 1. The third-order valence-corrected chi connectivity index (χ3v) is 16.7. The van der Waals surface area contributed by atoms with E-state index in [1.165, 1.54) is 17.0 Å². The summed E-state index contributed by atoms with van der Waals surface area (Å²) in [5.41, 5.74) is 7.92. The van der Waals surface area contributed by atoms with Crippen molar-refractivity contribution in [1.29, 1.82) is 0 Å². The maximum atomic E-state index is 14.0. The number of fused-ring (bicyclic) bond motifs is 1. The highest BCUT2D eigenvalue weighted by Gasteiger charge is 2.44. The van der Waals surface area contributed by atoms with Gasteiger partial charge in [0.25, 0.3) is 5.91 Å². The number of halogens is 2. The number of hydrogen-bond donors (Lipinski definition) is 6. The van der Waals surface area contributed by atoms with E-state index < -0.39 is 47.1 Å². The molecule has 4 aromatic carbocycles. The van der Waals surface area contributed by atoms with Gasteiger partial charge >= 0.3 is 0 Å². The summed E-state index contributed by atoms with van der Waals surface area (Å²) >= 11 is 1.56. The number of hydrogen-bond acceptors (Lipinski definition) is 17. The number of ether oxygens (including phenoxy) is 6. The number of H-pyrrole nitrogens is 1. The second-order valence-electron chi connectivity index (χ2n) is 23.4. The Labute approximate surface area is 520 Å².